The molecular formula is C7H5Cl2N7S. The zero-order chi connectivity index (χ0) is 12.4. The molecule has 0 fully saturated rings. The topological polar surface area (TPSA) is 116 Å². The van der Waals surface area contributed by atoms with Crippen LogP contribution in [-0.4, -0.2) is 24.9 Å². The lowest BCUT2D eigenvalue weighted by Crippen LogP contribution is -2.00. The first-order valence-electron chi connectivity index (χ1n) is 4.18. The third-order valence-corrected chi connectivity index (χ3v) is 2.56. The van der Waals surface area contributed by atoms with Crippen molar-refractivity contribution in [1.29, 1.82) is 0 Å². The molecule has 0 aliphatic carbocycles. The van der Waals surface area contributed by atoms with Crippen molar-refractivity contribution in [2.24, 2.45) is 0 Å². The summed E-state index contributed by atoms with van der Waals surface area (Å²) in [5.41, 5.74) is 11.0. The molecule has 0 atom stereocenters. The van der Waals surface area contributed by atoms with E-state index in [2.05, 4.69) is 24.9 Å². The zero-order valence-electron chi connectivity index (χ0n) is 8.13. The summed E-state index contributed by atoms with van der Waals surface area (Å²) in [5, 5.41) is 0.551. The van der Waals surface area contributed by atoms with Gasteiger partial charge in [0.05, 0.1) is 0 Å². The van der Waals surface area contributed by atoms with Crippen molar-refractivity contribution in [3.8, 4) is 0 Å². The largest absolute Gasteiger partial charge is 0.383 e. The third-order valence-electron chi connectivity index (χ3n) is 1.49. The van der Waals surface area contributed by atoms with E-state index in [1.165, 1.54) is 6.07 Å². The lowest BCUT2D eigenvalue weighted by Gasteiger charge is -2.01. The Morgan fingerprint density at radius 2 is 1.29 bits per heavy atom. The molecule has 88 valence electrons. The van der Waals surface area contributed by atoms with E-state index in [9.17, 15) is 0 Å². The van der Waals surface area contributed by atoms with Crippen LogP contribution in [-0.2, 0) is 0 Å². The van der Waals surface area contributed by atoms with Crippen molar-refractivity contribution in [3.05, 3.63) is 16.6 Å². The molecule has 4 N–H and O–H groups in total. The summed E-state index contributed by atoms with van der Waals surface area (Å²) < 4.78 is 0. The van der Waals surface area contributed by atoms with Gasteiger partial charge >= 0.3 is 0 Å². The van der Waals surface area contributed by atoms with Gasteiger partial charge in [-0.2, -0.15) is 15.0 Å². The molecular weight excluding hydrogens is 285 g/mol. The van der Waals surface area contributed by atoms with Gasteiger partial charge in [0, 0.05) is 6.07 Å². The highest BCUT2D eigenvalue weighted by atomic mass is 35.5. The fourth-order valence-corrected chi connectivity index (χ4v) is 2.14. The fraction of sp³-hybridized carbons (Fsp3) is 0. The molecule has 0 aliphatic heterocycles. The Labute approximate surface area is 110 Å². The Bertz CT molecular complexity index is 474. The number of hydrogen-bond donors (Lipinski definition) is 2. The maximum absolute atomic E-state index is 5.63. The Hall–Kier alpha value is -1.38. The first-order valence-corrected chi connectivity index (χ1v) is 5.75. The number of nitrogens with two attached hydrogens (primary N) is 2. The van der Waals surface area contributed by atoms with Crippen molar-refractivity contribution in [2.75, 3.05) is 11.5 Å². The number of halogens is 2. The van der Waals surface area contributed by atoms with Crippen molar-refractivity contribution in [2.45, 2.75) is 10.3 Å². The van der Waals surface area contributed by atoms with E-state index in [-0.39, 0.29) is 27.4 Å². The Kier molecular flexibility index (Phi) is 3.46. The van der Waals surface area contributed by atoms with Gasteiger partial charge in [0.15, 0.2) is 5.16 Å². The van der Waals surface area contributed by atoms with Gasteiger partial charge in [0.25, 0.3) is 0 Å². The number of nitrogen functional groups attached to an aromatic ring is 2. The third kappa shape index (κ3) is 3.29. The smallest absolute Gasteiger partial charge is 0.227 e. The van der Waals surface area contributed by atoms with Crippen LogP contribution in [0.15, 0.2) is 16.4 Å². The number of rotatable bonds is 2. The predicted molar refractivity (Wildman–Crippen MR) is 64.8 cm³/mol. The molecule has 0 aliphatic rings. The van der Waals surface area contributed by atoms with E-state index in [0.29, 0.717) is 5.16 Å². The molecule has 7 nitrogen and oxygen atoms in total. The van der Waals surface area contributed by atoms with Gasteiger partial charge in [-0.25, -0.2) is 9.97 Å². The minimum Gasteiger partial charge on any atom is -0.383 e. The second-order valence-corrected chi connectivity index (χ2v) is 4.37. The monoisotopic (exact) mass is 289 g/mol. The molecule has 0 radical (unpaired) electrons. The van der Waals surface area contributed by atoms with E-state index >= 15 is 0 Å². The normalized spacial score (nSPS) is 10.5. The Morgan fingerprint density at radius 1 is 0.824 bits per heavy atom. The first kappa shape index (κ1) is 12.1. The predicted octanol–water partition coefficient (Wildman–Crippen LogP) is 1.28. The van der Waals surface area contributed by atoms with Crippen LogP contribution < -0.4 is 11.5 Å². The molecule has 2 rings (SSSR count). The molecule has 0 spiro atoms. The quantitative estimate of drug-likeness (QED) is 0.794. The lowest BCUT2D eigenvalue weighted by molar-refractivity contribution is 0.891. The van der Waals surface area contributed by atoms with Gasteiger partial charge in [0.1, 0.15) is 11.6 Å². The van der Waals surface area contributed by atoms with Crippen LogP contribution >= 0.6 is 35.0 Å². The van der Waals surface area contributed by atoms with Gasteiger partial charge in [-0.15, -0.1) is 0 Å². The molecule has 0 amide bonds. The van der Waals surface area contributed by atoms with E-state index in [0.717, 1.165) is 11.8 Å². The van der Waals surface area contributed by atoms with Gasteiger partial charge in [-0.3, -0.25) is 0 Å². The molecule has 2 aromatic rings. The average Bonchev–Trinajstić information content (AvgIpc) is 2.13. The summed E-state index contributed by atoms with van der Waals surface area (Å²) in [5.74, 6) is 0.512. The average molecular weight is 290 g/mol. The Morgan fingerprint density at radius 3 is 1.82 bits per heavy atom. The maximum Gasteiger partial charge on any atom is 0.227 e. The van der Waals surface area contributed by atoms with Gasteiger partial charge in [0.2, 0.25) is 15.7 Å². The first-order chi connectivity index (χ1) is 8.02. The summed E-state index contributed by atoms with van der Waals surface area (Å²) in [7, 11) is 0. The van der Waals surface area contributed by atoms with E-state index in [1.807, 2.05) is 0 Å². The SMILES string of the molecule is Nc1cc(N)nc(Sc2nc(Cl)nc(Cl)n2)n1. The molecule has 10 heteroatoms. The summed E-state index contributed by atoms with van der Waals surface area (Å²) >= 11 is 12.3. The Balaban J connectivity index is 2.31. The highest BCUT2D eigenvalue weighted by molar-refractivity contribution is 7.99. The van der Waals surface area contributed by atoms with Gasteiger partial charge in [-0.1, -0.05) is 0 Å². The summed E-state index contributed by atoms with van der Waals surface area (Å²) in [6.45, 7) is 0. The highest BCUT2D eigenvalue weighted by Gasteiger charge is 2.08. The standard InChI is InChI=1S/C7H5Cl2N7S/c8-4-14-5(9)16-7(15-4)17-6-12-2(10)1-3(11)13-6/h1H,(H4,10,11,12,13). The lowest BCUT2D eigenvalue weighted by atomic mass is 10.5. The number of aromatic nitrogens is 5. The second kappa shape index (κ2) is 4.86. The van der Waals surface area contributed by atoms with E-state index in [4.69, 9.17) is 34.7 Å². The molecule has 17 heavy (non-hydrogen) atoms. The van der Waals surface area contributed by atoms with E-state index < -0.39 is 0 Å². The van der Waals surface area contributed by atoms with Crippen molar-refractivity contribution in [3.63, 3.8) is 0 Å². The number of anilines is 2. The fourth-order valence-electron chi connectivity index (χ4n) is 0.944. The molecule has 2 aromatic heterocycles. The van der Waals surface area contributed by atoms with E-state index in [1.54, 1.807) is 0 Å². The minimum absolute atomic E-state index is 0.00984. The molecule has 0 aromatic carbocycles. The molecule has 0 bridgehead atoms. The van der Waals surface area contributed by atoms with Crippen LogP contribution in [0.5, 0.6) is 0 Å². The highest BCUT2D eigenvalue weighted by Crippen LogP contribution is 2.24. The van der Waals surface area contributed by atoms with Crippen molar-refractivity contribution < 1.29 is 0 Å². The van der Waals surface area contributed by atoms with Crippen LogP contribution in [0, 0.1) is 0 Å². The molecule has 0 saturated heterocycles. The maximum atomic E-state index is 5.63. The number of nitrogens with zero attached hydrogens (tertiary/aromatic N) is 5. The molecule has 0 saturated carbocycles. The molecule has 0 unspecified atom stereocenters. The summed E-state index contributed by atoms with van der Waals surface area (Å²) in [4.78, 5) is 19.2. The van der Waals surface area contributed by atoms with Gasteiger partial charge in [-0.05, 0) is 35.0 Å². The molecule has 2 heterocycles. The van der Waals surface area contributed by atoms with Crippen molar-refractivity contribution >= 4 is 46.6 Å². The van der Waals surface area contributed by atoms with Crippen LogP contribution in [0.25, 0.3) is 0 Å². The van der Waals surface area contributed by atoms with Gasteiger partial charge < -0.3 is 11.5 Å². The van der Waals surface area contributed by atoms with Crippen LogP contribution in [0.3, 0.4) is 0 Å². The minimum atomic E-state index is -0.00984. The summed E-state index contributed by atoms with van der Waals surface area (Å²) in [6.07, 6.45) is 0. The zero-order valence-corrected chi connectivity index (χ0v) is 10.5. The van der Waals surface area contributed by atoms with Crippen LogP contribution in [0.4, 0.5) is 11.6 Å². The summed E-state index contributed by atoms with van der Waals surface area (Å²) in [6, 6.07) is 1.44. The second-order valence-electron chi connectivity index (χ2n) is 2.76. The van der Waals surface area contributed by atoms with Crippen LogP contribution in [0.1, 0.15) is 0 Å². The van der Waals surface area contributed by atoms with Crippen molar-refractivity contribution in [1.82, 2.24) is 24.9 Å². The van der Waals surface area contributed by atoms with Crippen LogP contribution in [0.2, 0.25) is 10.6 Å². The number of hydrogen-bond acceptors (Lipinski definition) is 8.